The van der Waals surface area contributed by atoms with E-state index in [0.29, 0.717) is 6.42 Å². The zero-order chi connectivity index (χ0) is 14.2. The van der Waals surface area contributed by atoms with E-state index in [1.165, 1.54) is 11.3 Å². The van der Waals surface area contributed by atoms with Crippen LogP contribution in [-0.2, 0) is 11.8 Å². The van der Waals surface area contributed by atoms with Crippen LogP contribution in [0.3, 0.4) is 0 Å². The Hall–Kier alpha value is -0.0400. The van der Waals surface area contributed by atoms with Gasteiger partial charge in [-0.15, -0.1) is 22.7 Å². The molecule has 0 bridgehead atoms. The highest BCUT2D eigenvalue weighted by Gasteiger charge is 2.19. The molecule has 102 valence electrons. The fraction of sp³-hybridized carbons (Fsp3) is 0.385. The molecule has 0 amide bonds. The molecular weight excluding hydrogens is 410 g/mol. The van der Waals surface area contributed by atoms with Crippen LogP contribution in [0.4, 0.5) is 0 Å². The van der Waals surface area contributed by atoms with Crippen LogP contribution in [0.25, 0.3) is 0 Å². The summed E-state index contributed by atoms with van der Waals surface area (Å²) >= 11 is 9.82. The number of nitrogens with zero attached hydrogens (tertiary/aromatic N) is 1. The first-order valence-corrected chi connectivity index (χ1v) is 8.98. The lowest BCUT2D eigenvalue weighted by Gasteiger charge is -2.14. The van der Waals surface area contributed by atoms with E-state index in [1.807, 2.05) is 11.4 Å². The summed E-state index contributed by atoms with van der Waals surface area (Å²) < 4.78 is 1.88. The van der Waals surface area contributed by atoms with Gasteiger partial charge < -0.3 is 0 Å². The third-order valence-electron chi connectivity index (χ3n) is 2.55. The molecule has 0 fully saturated rings. The molecule has 0 aromatic carbocycles. The van der Waals surface area contributed by atoms with Gasteiger partial charge in [0, 0.05) is 15.3 Å². The first kappa shape index (κ1) is 15.4. The predicted octanol–water partition coefficient (Wildman–Crippen LogP) is 5.45. The van der Waals surface area contributed by atoms with Crippen LogP contribution >= 0.6 is 54.5 Å². The number of thiophene rings is 1. The molecule has 19 heavy (non-hydrogen) atoms. The summed E-state index contributed by atoms with van der Waals surface area (Å²) in [5.74, 6) is 0.117. The lowest BCUT2D eigenvalue weighted by molar-refractivity contribution is 0.0996. The predicted molar refractivity (Wildman–Crippen MR) is 88.6 cm³/mol. The van der Waals surface area contributed by atoms with Crippen molar-refractivity contribution in [1.82, 2.24) is 4.98 Å². The maximum absolute atomic E-state index is 12.2. The van der Waals surface area contributed by atoms with Gasteiger partial charge in [-0.2, -0.15) is 0 Å². The van der Waals surface area contributed by atoms with E-state index in [0.717, 1.165) is 23.8 Å². The molecule has 0 radical (unpaired) electrons. The van der Waals surface area contributed by atoms with Gasteiger partial charge in [-0.05, 0) is 37.9 Å². The van der Waals surface area contributed by atoms with Crippen LogP contribution < -0.4 is 0 Å². The molecule has 0 saturated carbocycles. The van der Waals surface area contributed by atoms with Crippen molar-refractivity contribution < 1.29 is 4.79 Å². The van der Waals surface area contributed by atoms with Gasteiger partial charge in [0.2, 0.25) is 0 Å². The summed E-state index contributed by atoms with van der Waals surface area (Å²) in [6, 6.07) is 1.86. The first-order chi connectivity index (χ1) is 8.77. The lowest BCUT2D eigenvalue weighted by Crippen LogP contribution is -2.12. The van der Waals surface area contributed by atoms with E-state index < -0.39 is 0 Å². The maximum atomic E-state index is 12.2. The second-order valence-corrected chi connectivity index (χ2v) is 9.38. The highest BCUT2D eigenvalue weighted by Crippen LogP contribution is 2.33. The van der Waals surface area contributed by atoms with Gasteiger partial charge in [0.25, 0.3) is 0 Å². The van der Waals surface area contributed by atoms with Gasteiger partial charge in [0.15, 0.2) is 5.78 Å². The van der Waals surface area contributed by atoms with Crippen molar-refractivity contribution in [2.24, 2.45) is 0 Å². The molecule has 6 heteroatoms. The van der Waals surface area contributed by atoms with Gasteiger partial charge in [-0.1, -0.05) is 20.8 Å². The van der Waals surface area contributed by atoms with E-state index in [1.54, 1.807) is 11.3 Å². The van der Waals surface area contributed by atoms with Crippen LogP contribution in [0.2, 0.25) is 0 Å². The molecule has 2 aromatic heterocycles. The fourth-order valence-corrected chi connectivity index (χ4v) is 4.44. The van der Waals surface area contributed by atoms with Crippen molar-refractivity contribution in [3.8, 4) is 0 Å². The van der Waals surface area contributed by atoms with Crippen molar-refractivity contribution in [2.45, 2.75) is 32.6 Å². The molecule has 0 aliphatic rings. The molecule has 0 saturated heterocycles. The number of hydrogen-bond donors (Lipinski definition) is 0. The van der Waals surface area contributed by atoms with E-state index in [9.17, 15) is 4.79 Å². The zero-order valence-electron chi connectivity index (χ0n) is 10.8. The average Bonchev–Trinajstić information content (AvgIpc) is 2.86. The first-order valence-electron chi connectivity index (χ1n) is 5.70. The molecule has 2 rings (SSSR count). The molecule has 2 nitrogen and oxygen atoms in total. The molecular formula is C13H13Br2NOS2. The number of ketones is 1. The van der Waals surface area contributed by atoms with Crippen molar-refractivity contribution in [3.05, 3.63) is 35.3 Å². The molecule has 0 atom stereocenters. The lowest BCUT2D eigenvalue weighted by atomic mass is 9.93. The third-order valence-corrected chi connectivity index (χ3v) is 6.70. The number of carbonyl (C=O) groups excluding carboxylic acids is 1. The highest BCUT2D eigenvalue weighted by molar-refractivity contribution is 9.13. The molecule has 0 aliphatic carbocycles. The normalized spacial score (nSPS) is 11.8. The second kappa shape index (κ2) is 5.76. The minimum Gasteiger partial charge on any atom is -0.293 e. The third kappa shape index (κ3) is 3.74. The van der Waals surface area contributed by atoms with Gasteiger partial charge >= 0.3 is 0 Å². The number of halogens is 2. The summed E-state index contributed by atoms with van der Waals surface area (Å²) in [5, 5.41) is 2.93. The molecule has 0 aliphatic heterocycles. The Bertz CT molecular complexity index is 591. The monoisotopic (exact) mass is 421 g/mol. The van der Waals surface area contributed by atoms with Gasteiger partial charge in [0.05, 0.1) is 20.8 Å². The van der Waals surface area contributed by atoms with Crippen LogP contribution in [0.15, 0.2) is 19.7 Å². The smallest absolute Gasteiger partial charge is 0.179 e. The van der Waals surface area contributed by atoms with Crippen molar-refractivity contribution in [3.63, 3.8) is 0 Å². The molecule has 0 unspecified atom stereocenters. The quantitative estimate of drug-likeness (QED) is 0.615. The Balaban J connectivity index is 2.13. The molecule has 0 spiro atoms. The standard InChI is InChI=1S/C13H13Br2NOS2/c1-13(2,3)10-6-18-11(16-10)5-8(17)9-4-7(14)12(15)19-9/h4,6H,5H2,1-3H3. The zero-order valence-corrected chi connectivity index (χ0v) is 15.6. The Morgan fingerprint density at radius 2 is 2.05 bits per heavy atom. The van der Waals surface area contributed by atoms with Gasteiger partial charge in [0.1, 0.15) is 5.01 Å². The largest absolute Gasteiger partial charge is 0.293 e. The minimum absolute atomic E-state index is 0.0345. The van der Waals surface area contributed by atoms with Crippen LogP contribution in [0, 0.1) is 0 Å². The molecule has 0 N–H and O–H groups in total. The maximum Gasteiger partial charge on any atom is 0.179 e. The number of hydrogen-bond acceptors (Lipinski definition) is 4. The van der Waals surface area contributed by atoms with Crippen LogP contribution in [0.1, 0.15) is 41.1 Å². The fourth-order valence-electron chi connectivity index (χ4n) is 1.45. The highest BCUT2D eigenvalue weighted by atomic mass is 79.9. The number of aromatic nitrogens is 1. The Morgan fingerprint density at radius 3 is 2.53 bits per heavy atom. The second-order valence-electron chi connectivity index (χ2n) is 5.21. The van der Waals surface area contributed by atoms with E-state index in [4.69, 9.17) is 0 Å². The average molecular weight is 423 g/mol. The van der Waals surface area contributed by atoms with E-state index >= 15 is 0 Å². The summed E-state index contributed by atoms with van der Waals surface area (Å²) in [7, 11) is 0. The SMILES string of the molecule is CC(C)(C)c1csc(CC(=O)c2cc(Br)c(Br)s2)n1. The van der Waals surface area contributed by atoms with Gasteiger partial charge in [-0.25, -0.2) is 4.98 Å². The van der Waals surface area contributed by atoms with Gasteiger partial charge in [-0.3, -0.25) is 4.79 Å². The van der Waals surface area contributed by atoms with E-state index in [-0.39, 0.29) is 11.2 Å². The Morgan fingerprint density at radius 1 is 1.37 bits per heavy atom. The number of carbonyl (C=O) groups is 1. The Labute approximate surface area is 137 Å². The topological polar surface area (TPSA) is 30.0 Å². The number of Topliss-reactive ketones (excluding diaryl/α,β-unsaturated/α-hetero) is 1. The van der Waals surface area contributed by atoms with Crippen molar-refractivity contribution in [2.75, 3.05) is 0 Å². The number of thiazole rings is 1. The summed E-state index contributed by atoms with van der Waals surface area (Å²) in [6.07, 6.45) is 0.375. The summed E-state index contributed by atoms with van der Waals surface area (Å²) in [6.45, 7) is 6.38. The number of rotatable bonds is 3. The van der Waals surface area contributed by atoms with Crippen LogP contribution in [-0.4, -0.2) is 10.8 Å². The molecule has 2 heterocycles. The Kier molecular flexibility index (Phi) is 4.65. The van der Waals surface area contributed by atoms with Crippen molar-refractivity contribution >= 4 is 60.3 Å². The van der Waals surface area contributed by atoms with Crippen LogP contribution in [0.5, 0.6) is 0 Å². The summed E-state index contributed by atoms with van der Waals surface area (Å²) in [5.41, 5.74) is 1.08. The summed E-state index contributed by atoms with van der Waals surface area (Å²) in [4.78, 5) is 17.5. The van der Waals surface area contributed by atoms with Crippen molar-refractivity contribution in [1.29, 1.82) is 0 Å². The van der Waals surface area contributed by atoms with E-state index in [2.05, 4.69) is 57.6 Å². The molecule has 2 aromatic rings. The minimum atomic E-state index is 0.0345.